The van der Waals surface area contributed by atoms with E-state index in [0.717, 1.165) is 0 Å². The van der Waals surface area contributed by atoms with Crippen LogP contribution >= 0.6 is 0 Å². The highest BCUT2D eigenvalue weighted by atomic mass is 19.3. The number of carbonyl (C=O) groups is 1. The van der Waals surface area contributed by atoms with Crippen LogP contribution in [0.2, 0.25) is 0 Å². The zero-order chi connectivity index (χ0) is 12.1. The Balaban J connectivity index is 4.00. The average molecular weight is 230 g/mol. The first-order valence-electron chi connectivity index (χ1n) is 4.50. The minimum atomic E-state index is -4.21. The Bertz CT molecular complexity index is 211. The number of nitrogens with one attached hydrogen (secondary N) is 1. The van der Waals surface area contributed by atoms with Gasteiger partial charge < -0.3 is 11.1 Å². The van der Waals surface area contributed by atoms with Gasteiger partial charge in [-0.1, -0.05) is 13.3 Å². The number of carbonyl (C=O) groups excluding carboxylic acids is 1. The van der Waals surface area contributed by atoms with Gasteiger partial charge in [-0.2, -0.15) is 8.78 Å². The summed E-state index contributed by atoms with van der Waals surface area (Å²) in [6, 6.07) is -0.927. The van der Waals surface area contributed by atoms with E-state index in [1.165, 1.54) is 0 Å². The van der Waals surface area contributed by atoms with Gasteiger partial charge in [-0.3, -0.25) is 4.79 Å². The summed E-state index contributed by atoms with van der Waals surface area (Å²) in [4.78, 5) is 11.0. The maximum Gasteiger partial charge on any atom is 0.324 e. The number of rotatable bonds is 6. The van der Waals surface area contributed by atoms with Gasteiger partial charge >= 0.3 is 12.3 Å². The molecule has 0 aliphatic heterocycles. The molecule has 0 aromatic carbocycles. The van der Waals surface area contributed by atoms with E-state index in [4.69, 9.17) is 5.73 Å². The van der Waals surface area contributed by atoms with Gasteiger partial charge in [0.2, 0.25) is 5.91 Å². The van der Waals surface area contributed by atoms with Crippen LogP contribution in [0.5, 0.6) is 0 Å². The van der Waals surface area contributed by atoms with Crippen LogP contribution in [-0.2, 0) is 4.79 Å². The zero-order valence-electron chi connectivity index (χ0n) is 8.27. The topological polar surface area (TPSA) is 55.1 Å². The molecule has 0 aromatic heterocycles. The predicted molar refractivity (Wildman–Crippen MR) is 46.8 cm³/mol. The molecule has 15 heavy (non-hydrogen) atoms. The van der Waals surface area contributed by atoms with Gasteiger partial charge in [0.25, 0.3) is 0 Å². The van der Waals surface area contributed by atoms with Crippen LogP contribution in [0.15, 0.2) is 0 Å². The largest absolute Gasteiger partial charge is 0.348 e. The third-order valence-corrected chi connectivity index (χ3v) is 1.75. The Morgan fingerprint density at radius 3 is 2.40 bits per heavy atom. The standard InChI is InChI=1S/C8H14F4N2O/c1-2-3-5(13)6(15)14-4-8(11,12)7(9)10/h5,7H,2-4,13H2,1H3,(H,14,15). The van der Waals surface area contributed by atoms with Crippen molar-refractivity contribution in [3.63, 3.8) is 0 Å². The maximum absolute atomic E-state index is 12.4. The Labute approximate surface area is 85.0 Å². The van der Waals surface area contributed by atoms with E-state index in [9.17, 15) is 22.4 Å². The van der Waals surface area contributed by atoms with E-state index < -0.39 is 30.8 Å². The van der Waals surface area contributed by atoms with E-state index >= 15 is 0 Å². The summed E-state index contributed by atoms with van der Waals surface area (Å²) in [5.41, 5.74) is 5.29. The van der Waals surface area contributed by atoms with E-state index in [1.54, 1.807) is 12.2 Å². The summed E-state index contributed by atoms with van der Waals surface area (Å²) in [6.45, 7) is 0.377. The normalized spacial score (nSPS) is 14.1. The molecule has 0 fully saturated rings. The van der Waals surface area contributed by atoms with Crippen molar-refractivity contribution in [1.29, 1.82) is 0 Å². The Hall–Kier alpha value is -0.850. The summed E-state index contributed by atoms with van der Waals surface area (Å²) >= 11 is 0. The molecule has 3 N–H and O–H groups in total. The molecule has 0 heterocycles. The van der Waals surface area contributed by atoms with Crippen molar-refractivity contribution < 1.29 is 22.4 Å². The fourth-order valence-corrected chi connectivity index (χ4v) is 0.855. The van der Waals surface area contributed by atoms with Crippen LogP contribution in [-0.4, -0.2) is 30.8 Å². The summed E-state index contributed by atoms with van der Waals surface area (Å²) in [6.07, 6.45) is -2.86. The summed E-state index contributed by atoms with van der Waals surface area (Å²) in [5, 5.41) is 1.69. The minimum Gasteiger partial charge on any atom is -0.348 e. The van der Waals surface area contributed by atoms with Gasteiger partial charge in [0.05, 0.1) is 12.6 Å². The van der Waals surface area contributed by atoms with Gasteiger partial charge in [-0.05, 0) is 6.42 Å². The van der Waals surface area contributed by atoms with Gasteiger partial charge in [0.15, 0.2) is 0 Å². The molecule has 0 saturated carbocycles. The van der Waals surface area contributed by atoms with Crippen LogP contribution in [0.1, 0.15) is 19.8 Å². The molecule has 0 bridgehead atoms. The number of amides is 1. The fraction of sp³-hybridized carbons (Fsp3) is 0.875. The molecule has 90 valence electrons. The van der Waals surface area contributed by atoms with Gasteiger partial charge in [0.1, 0.15) is 0 Å². The lowest BCUT2D eigenvalue weighted by Gasteiger charge is -2.17. The molecule has 0 aliphatic carbocycles. The summed E-state index contributed by atoms with van der Waals surface area (Å²) < 4.78 is 48.1. The van der Waals surface area contributed by atoms with Crippen LogP contribution in [0.4, 0.5) is 17.6 Å². The van der Waals surface area contributed by atoms with Gasteiger partial charge in [-0.15, -0.1) is 0 Å². The second-order valence-corrected chi connectivity index (χ2v) is 3.17. The highest BCUT2D eigenvalue weighted by Gasteiger charge is 2.41. The quantitative estimate of drug-likeness (QED) is 0.672. The molecule has 0 aliphatic rings. The molecular weight excluding hydrogens is 216 g/mol. The van der Waals surface area contributed by atoms with Crippen molar-refractivity contribution in [3.8, 4) is 0 Å². The number of nitrogens with two attached hydrogens (primary N) is 1. The second-order valence-electron chi connectivity index (χ2n) is 3.17. The van der Waals surface area contributed by atoms with E-state index in [1.807, 2.05) is 0 Å². The fourth-order valence-electron chi connectivity index (χ4n) is 0.855. The first kappa shape index (κ1) is 14.2. The highest BCUT2D eigenvalue weighted by molar-refractivity contribution is 5.81. The molecule has 0 radical (unpaired) electrons. The maximum atomic E-state index is 12.4. The summed E-state index contributed by atoms with van der Waals surface area (Å²) in [7, 11) is 0. The number of alkyl halides is 4. The molecule has 7 heteroatoms. The van der Waals surface area contributed by atoms with Crippen molar-refractivity contribution in [2.45, 2.75) is 38.2 Å². The van der Waals surface area contributed by atoms with E-state index in [0.29, 0.717) is 12.8 Å². The zero-order valence-corrected chi connectivity index (χ0v) is 8.27. The average Bonchev–Trinajstić information content (AvgIpc) is 2.14. The minimum absolute atomic E-state index is 0.325. The molecule has 0 aromatic rings. The second kappa shape index (κ2) is 5.89. The van der Waals surface area contributed by atoms with Gasteiger partial charge in [-0.25, -0.2) is 8.78 Å². The third-order valence-electron chi connectivity index (χ3n) is 1.75. The third kappa shape index (κ3) is 4.96. The van der Waals surface area contributed by atoms with E-state index in [2.05, 4.69) is 0 Å². The van der Waals surface area contributed by atoms with Gasteiger partial charge in [0, 0.05) is 0 Å². The predicted octanol–water partition coefficient (Wildman–Crippen LogP) is 1.13. The SMILES string of the molecule is CCCC(N)C(=O)NCC(F)(F)C(F)F. The van der Waals surface area contributed by atoms with Crippen molar-refractivity contribution in [2.24, 2.45) is 5.73 Å². The Kier molecular flexibility index (Phi) is 5.56. The van der Waals surface area contributed by atoms with Crippen LogP contribution in [0.3, 0.4) is 0 Å². The van der Waals surface area contributed by atoms with Crippen LogP contribution in [0, 0.1) is 0 Å². The molecule has 1 amide bonds. The Morgan fingerprint density at radius 2 is 2.00 bits per heavy atom. The molecule has 3 nitrogen and oxygen atoms in total. The van der Waals surface area contributed by atoms with Crippen molar-refractivity contribution >= 4 is 5.91 Å². The molecule has 1 unspecified atom stereocenters. The monoisotopic (exact) mass is 230 g/mol. The summed E-state index contributed by atoms with van der Waals surface area (Å²) in [5.74, 6) is -5.04. The van der Waals surface area contributed by atoms with Crippen molar-refractivity contribution in [2.75, 3.05) is 6.54 Å². The molecule has 1 atom stereocenters. The highest BCUT2D eigenvalue weighted by Crippen LogP contribution is 2.21. The molecule has 0 rings (SSSR count). The van der Waals surface area contributed by atoms with Crippen LogP contribution < -0.4 is 11.1 Å². The lowest BCUT2D eigenvalue weighted by Crippen LogP contribution is -2.47. The molecule has 0 saturated heterocycles. The van der Waals surface area contributed by atoms with E-state index in [-0.39, 0.29) is 0 Å². The number of hydrogen-bond acceptors (Lipinski definition) is 2. The molecular formula is C8H14F4N2O. The van der Waals surface area contributed by atoms with Crippen LogP contribution in [0.25, 0.3) is 0 Å². The molecule has 0 spiro atoms. The lowest BCUT2D eigenvalue weighted by atomic mass is 10.1. The number of hydrogen-bond donors (Lipinski definition) is 2. The Morgan fingerprint density at radius 1 is 1.47 bits per heavy atom. The smallest absolute Gasteiger partial charge is 0.324 e. The lowest BCUT2D eigenvalue weighted by molar-refractivity contribution is -0.137. The van der Waals surface area contributed by atoms with Crippen molar-refractivity contribution in [3.05, 3.63) is 0 Å². The number of halogens is 4. The van der Waals surface area contributed by atoms with Crippen molar-refractivity contribution in [1.82, 2.24) is 5.32 Å². The first-order chi connectivity index (χ1) is 6.81. The first-order valence-corrected chi connectivity index (χ1v) is 4.50.